The molecule has 17 heavy (non-hydrogen) atoms. The molecule has 2 aliphatic rings. The van der Waals surface area contributed by atoms with E-state index in [9.17, 15) is 5.11 Å². The van der Waals surface area contributed by atoms with Crippen LogP contribution in [0.3, 0.4) is 0 Å². The number of aliphatic hydroxyl groups excluding tert-OH is 1. The third-order valence-electron chi connectivity index (χ3n) is 4.92. The minimum absolute atomic E-state index is 0.0764. The van der Waals surface area contributed by atoms with E-state index in [1.807, 2.05) is 0 Å². The molecular formula is C14H27NO2. The predicted octanol–water partition coefficient (Wildman–Crippen LogP) is 2.23. The molecule has 0 aromatic rings. The van der Waals surface area contributed by atoms with Gasteiger partial charge >= 0.3 is 0 Å². The standard InChI is InChI=1S/C14H27NO2/c1-3-13(4-2,11-16)15-12-6-9-17-14(10-12)7-5-8-14/h12,15-16H,3-11H2,1-2H3. The number of rotatable bonds is 5. The summed E-state index contributed by atoms with van der Waals surface area (Å²) in [4.78, 5) is 0. The first kappa shape index (κ1) is 13.3. The van der Waals surface area contributed by atoms with Crippen molar-refractivity contribution < 1.29 is 9.84 Å². The third kappa shape index (κ3) is 2.67. The van der Waals surface area contributed by atoms with Crippen LogP contribution in [-0.2, 0) is 4.74 Å². The van der Waals surface area contributed by atoms with Gasteiger partial charge in [-0.15, -0.1) is 0 Å². The fourth-order valence-electron chi connectivity index (χ4n) is 3.23. The topological polar surface area (TPSA) is 41.5 Å². The van der Waals surface area contributed by atoms with Crippen LogP contribution in [0.2, 0.25) is 0 Å². The van der Waals surface area contributed by atoms with Crippen molar-refractivity contribution in [3.05, 3.63) is 0 Å². The molecule has 2 fully saturated rings. The maximum Gasteiger partial charge on any atom is 0.0697 e. The monoisotopic (exact) mass is 241 g/mol. The van der Waals surface area contributed by atoms with Crippen molar-refractivity contribution in [2.45, 2.75) is 76.0 Å². The summed E-state index contributed by atoms with van der Waals surface area (Å²) < 4.78 is 5.94. The molecule has 1 saturated heterocycles. The molecule has 1 saturated carbocycles. The Balaban J connectivity index is 1.93. The second kappa shape index (κ2) is 5.25. The number of hydrogen-bond acceptors (Lipinski definition) is 3. The molecule has 100 valence electrons. The van der Waals surface area contributed by atoms with Crippen LogP contribution < -0.4 is 5.32 Å². The Kier molecular flexibility index (Phi) is 4.11. The normalized spacial score (nSPS) is 28.1. The Morgan fingerprint density at radius 2 is 2.06 bits per heavy atom. The molecule has 0 aromatic carbocycles. The van der Waals surface area contributed by atoms with Gasteiger partial charge in [-0.05, 0) is 44.9 Å². The lowest BCUT2D eigenvalue weighted by molar-refractivity contribution is -0.138. The molecule has 0 bridgehead atoms. The van der Waals surface area contributed by atoms with E-state index in [1.54, 1.807) is 0 Å². The third-order valence-corrected chi connectivity index (χ3v) is 4.92. The zero-order valence-electron chi connectivity index (χ0n) is 11.3. The highest BCUT2D eigenvalue weighted by Crippen LogP contribution is 2.42. The Labute approximate surface area is 105 Å². The smallest absolute Gasteiger partial charge is 0.0697 e. The van der Waals surface area contributed by atoms with Gasteiger partial charge < -0.3 is 15.2 Å². The van der Waals surface area contributed by atoms with Crippen LogP contribution in [0.25, 0.3) is 0 Å². The minimum Gasteiger partial charge on any atom is -0.394 e. The fraction of sp³-hybridized carbons (Fsp3) is 1.00. The summed E-state index contributed by atoms with van der Waals surface area (Å²) in [5.74, 6) is 0. The highest BCUT2D eigenvalue weighted by atomic mass is 16.5. The van der Waals surface area contributed by atoms with E-state index in [0.29, 0.717) is 6.04 Å². The van der Waals surface area contributed by atoms with E-state index < -0.39 is 0 Å². The Bertz CT molecular complexity index is 238. The molecular weight excluding hydrogens is 214 g/mol. The van der Waals surface area contributed by atoms with Gasteiger partial charge in [0.2, 0.25) is 0 Å². The van der Waals surface area contributed by atoms with Crippen molar-refractivity contribution in [1.29, 1.82) is 0 Å². The zero-order chi connectivity index (χ0) is 12.4. The second-order valence-corrected chi connectivity index (χ2v) is 5.86. The minimum atomic E-state index is -0.0764. The van der Waals surface area contributed by atoms with Gasteiger partial charge in [0.15, 0.2) is 0 Å². The molecule has 0 aromatic heterocycles. The largest absolute Gasteiger partial charge is 0.394 e. The van der Waals surface area contributed by atoms with Gasteiger partial charge in [0.25, 0.3) is 0 Å². The molecule has 0 amide bonds. The summed E-state index contributed by atoms with van der Waals surface area (Å²) in [6, 6.07) is 0.524. The number of nitrogens with one attached hydrogen (secondary N) is 1. The van der Waals surface area contributed by atoms with E-state index in [-0.39, 0.29) is 17.7 Å². The summed E-state index contributed by atoms with van der Waals surface area (Å²) in [7, 11) is 0. The number of ether oxygens (including phenoxy) is 1. The van der Waals surface area contributed by atoms with Crippen LogP contribution in [0.5, 0.6) is 0 Å². The Hall–Kier alpha value is -0.120. The van der Waals surface area contributed by atoms with Crippen molar-refractivity contribution in [1.82, 2.24) is 5.32 Å². The first-order valence-corrected chi connectivity index (χ1v) is 7.20. The predicted molar refractivity (Wildman–Crippen MR) is 69.1 cm³/mol. The molecule has 1 unspecified atom stereocenters. The molecule has 1 heterocycles. The van der Waals surface area contributed by atoms with E-state index >= 15 is 0 Å². The average molecular weight is 241 g/mol. The Morgan fingerprint density at radius 3 is 2.53 bits per heavy atom. The molecule has 1 aliphatic heterocycles. The summed E-state index contributed by atoms with van der Waals surface area (Å²) in [6.45, 7) is 5.44. The van der Waals surface area contributed by atoms with Crippen molar-refractivity contribution in [2.24, 2.45) is 0 Å². The summed E-state index contributed by atoms with van der Waals surface area (Å²) in [6.07, 6.45) is 7.98. The van der Waals surface area contributed by atoms with Crippen molar-refractivity contribution in [3.8, 4) is 0 Å². The van der Waals surface area contributed by atoms with Crippen molar-refractivity contribution >= 4 is 0 Å². The van der Waals surface area contributed by atoms with Crippen LogP contribution in [0, 0.1) is 0 Å². The lowest BCUT2D eigenvalue weighted by atomic mass is 9.73. The maximum atomic E-state index is 9.61. The quantitative estimate of drug-likeness (QED) is 0.775. The van der Waals surface area contributed by atoms with Crippen LogP contribution in [0.1, 0.15) is 58.8 Å². The van der Waals surface area contributed by atoms with Crippen molar-refractivity contribution in [2.75, 3.05) is 13.2 Å². The number of hydrogen-bond donors (Lipinski definition) is 2. The maximum absolute atomic E-state index is 9.61. The average Bonchev–Trinajstić information content (AvgIpc) is 2.35. The van der Waals surface area contributed by atoms with E-state index in [0.717, 1.165) is 32.3 Å². The van der Waals surface area contributed by atoms with Crippen LogP contribution in [0.15, 0.2) is 0 Å². The highest BCUT2D eigenvalue weighted by Gasteiger charge is 2.43. The van der Waals surface area contributed by atoms with Gasteiger partial charge in [0, 0.05) is 18.2 Å². The van der Waals surface area contributed by atoms with Crippen LogP contribution in [0.4, 0.5) is 0 Å². The van der Waals surface area contributed by atoms with Gasteiger partial charge in [-0.2, -0.15) is 0 Å². The van der Waals surface area contributed by atoms with Gasteiger partial charge in [0.1, 0.15) is 0 Å². The van der Waals surface area contributed by atoms with Gasteiger partial charge in [-0.1, -0.05) is 13.8 Å². The van der Waals surface area contributed by atoms with Crippen LogP contribution >= 0.6 is 0 Å². The summed E-state index contributed by atoms with van der Waals surface area (Å²) >= 11 is 0. The van der Waals surface area contributed by atoms with Crippen molar-refractivity contribution in [3.63, 3.8) is 0 Å². The zero-order valence-corrected chi connectivity index (χ0v) is 11.3. The van der Waals surface area contributed by atoms with E-state index in [1.165, 1.54) is 19.3 Å². The SMILES string of the molecule is CCC(CC)(CO)NC1CCOC2(CCC2)C1. The van der Waals surface area contributed by atoms with E-state index in [2.05, 4.69) is 19.2 Å². The summed E-state index contributed by atoms with van der Waals surface area (Å²) in [5.41, 5.74) is 0.117. The molecule has 1 aliphatic carbocycles. The lowest BCUT2D eigenvalue weighted by Gasteiger charge is -2.49. The molecule has 0 radical (unpaired) electrons. The van der Waals surface area contributed by atoms with Gasteiger partial charge in [-0.3, -0.25) is 0 Å². The van der Waals surface area contributed by atoms with Gasteiger partial charge in [-0.25, -0.2) is 0 Å². The molecule has 1 atom stereocenters. The first-order chi connectivity index (χ1) is 8.17. The summed E-state index contributed by atoms with van der Waals surface area (Å²) in [5, 5.41) is 13.3. The molecule has 2 rings (SSSR count). The highest BCUT2D eigenvalue weighted by molar-refractivity contribution is 4.98. The lowest BCUT2D eigenvalue weighted by Crippen LogP contribution is -2.58. The fourth-order valence-corrected chi connectivity index (χ4v) is 3.23. The second-order valence-electron chi connectivity index (χ2n) is 5.86. The number of aliphatic hydroxyl groups is 1. The molecule has 3 heteroatoms. The Morgan fingerprint density at radius 1 is 1.35 bits per heavy atom. The van der Waals surface area contributed by atoms with Gasteiger partial charge in [0.05, 0.1) is 12.2 Å². The molecule has 1 spiro atoms. The molecule has 2 N–H and O–H groups in total. The first-order valence-electron chi connectivity index (χ1n) is 7.20. The molecule has 3 nitrogen and oxygen atoms in total. The van der Waals surface area contributed by atoms with Crippen LogP contribution in [-0.4, -0.2) is 35.5 Å². The van der Waals surface area contributed by atoms with E-state index in [4.69, 9.17) is 4.74 Å².